The van der Waals surface area contributed by atoms with E-state index in [0.717, 1.165) is 10.7 Å². The molecule has 0 spiro atoms. The van der Waals surface area contributed by atoms with E-state index >= 15 is 0 Å². The van der Waals surface area contributed by atoms with Crippen molar-refractivity contribution < 1.29 is 5.21 Å². The lowest BCUT2D eigenvalue weighted by molar-refractivity contribution is 0.318. The minimum atomic E-state index is 0.0865. The number of hydrogen-bond acceptors (Lipinski definition) is 4. The Morgan fingerprint density at radius 3 is 2.56 bits per heavy atom. The molecule has 0 fully saturated rings. The predicted octanol–water partition coefficient (Wildman–Crippen LogP) is 2.38. The van der Waals surface area contributed by atoms with Gasteiger partial charge in [0.15, 0.2) is 5.84 Å². The molecule has 88 valence electrons. The highest BCUT2D eigenvalue weighted by Gasteiger charge is 2.14. The Hall–Kier alpha value is -1.23. The minimum Gasteiger partial charge on any atom is -0.409 e. The maximum atomic E-state index is 8.64. The molecule has 1 aromatic heterocycles. The maximum Gasteiger partial charge on any atom is 0.170 e. The summed E-state index contributed by atoms with van der Waals surface area (Å²) in [4.78, 5) is 4.41. The van der Waals surface area contributed by atoms with E-state index in [1.807, 2.05) is 13.0 Å². The first-order valence-corrected chi connectivity index (χ1v) is 5.79. The summed E-state index contributed by atoms with van der Waals surface area (Å²) in [5, 5.41) is 12.5. The molecule has 4 nitrogen and oxygen atoms in total. The monoisotopic (exact) mass is 239 g/mol. The van der Waals surface area contributed by atoms with Gasteiger partial charge in [0.2, 0.25) is 0 Å². The first kappa shape index (κ1) is 12.8. The van der Waals surface area contributed by atoms with E-state index in [1.54, 1.807) is 17.8 Å². The Kier molecular flexibility index (Phi) is 3.80. The van der Waals surface area contributed by atoms with Crippen LogP contribution in [-0.2, 0) is 0 Å². The van der Waals surface area contributed by atoms with Crippen molar-refractivity contribution in [3.05, 3.63) is 23.4 Å². The highest BCUT2D eigenvalue weighted by atomic mass is 32.2. The van der Waals surface area contributed by atoms with Crippen LogP contribution in [0, 0.1) is 6.92 Å². The molecule has 0 unspecified atom stereocenters. The summed E-state index contributed by atoms with van der Waals surface area (Å²) in [6.45, 7) is 8.24. The Labute approximate surface area is 99.9 Å². The van der Waals surface area contributed by atoms with E-state index in [9.17, 15) is 0 Å². The van der Waals surface area contributed by atoms with Crippen LogP contribution in [0.1, 0.15) is 32.0 Å². The van der Waals surface area contributed by atoms with Crippen LogP contribution in [0.5, 0.6) is 0 Å². The summed E-state index contributed by atoms with van der Waals surface area (Å²) in [5.41, 5.74) is 7.11. The second kappa shape index (κ2) is 4.74. The standard InChI is InChI=1S/C11H17N3OS/c1-7-5-8(10(12)14-15)6-9(13-7)16-11(2,3)4/h5-6,15H,1-4H3,(H2,12,14). The molecule has 0 saturated carbocycles. The van der Waals surface area contributed by atoms with Crippen LogP contribution in [0.4, 0.5) is 0 Å². The molecule has 1 aromatic rings. The fraction of sp³-hybridized carbons (Fsp3) is 0.455. The molecule has 3 N–H and O–H groups in total. The summed E-state index contributed by atoms with van der Waals surface area (Å²) in [6, 6.07) is 3.62. The molecule has 0 amide bonds. The molecule has 0 atom stereocenters. The molecule has 0 aliphatic rings. The van der Waals surface area contributed by atoms with Crippen molar-refractivity contribution in [1.82, 2.24) is 4.98 Å². The van der Waals surface area contributed by atoms with Gasteiger partial charge in [-0.3, -0.25) is 0 Å². The van der Waals surface area contributed by atoms with Gasteiger partial charge in [-0.15, -0.1) is 11.8 Å². The van der Waals surface area contributed by atoms with E-state index in [4.69, 9.17) is 10.9 Å². The molecule has 0 bridgehead atoms. The Morgan fingerprint density at radius 2 is 2.06 bits per heavy atom. The van der Waals surface area contributed by atoms with Gasteiger partial charge in [-0.25, -0.2) is 4.98 Å². The summed E-state index contributed by atoms with van der Waals surface area (Å²) in [5.74, 6) is 0.112. The summed E-state index contributed by atoms with van der Waals surface area (Å²) in [6.07, 6.45) is 0. The van der Waals surface area contributed by atoms with Crippen LogP contribution in [-0.4, -0.2) is 20.8 Å². The average molecular weight is 239 g/mol. The maximum absolute atomic E-state index is 8.64. The predicted molar refractivity (Wildman–Crippen MR) is 67.1 cm³/mol. The van der Waals surface area contributed by atoms with Crippen molar-refractivity contribution >= 4 is 17.6 Å². The zero-order valence-electron chi connectivity index (χ0n) is 9.98. The highest BCUT2D eigenvalue weighted by molar-refractivity contribution is 8.00. The van der Waals surface area contributed by atoms with Crippen LogP contribution in [0.3, 0.4) is 0 Å². The molecule has 0 aliphatic carbocycles. The van der Waals surface area contributed by atoms with Crippen molar-refractivity contribution in [2.45, 2.75) is 37.5 Å². The third-order valence-corrected chi connectivity index (χ3v) is 2.77. The molecule has 0 saturated heterocycles. The van der Waals surface area contributed by atoms with Gasteiger partial charge in [0.05, 0.1) is 5.03 Å². The largest absolute Gasteiger partial charge is 0.409 e. The molecule has 16 heavy (non-hydrogen) atoms. The topological polar surface area (TPSA) is 71.5 Å². The smallest absolute Gasteiger partial charge is 0.170 e. The second-order valence-corrected chi connectivity index (χ2v) is 6.38. The van der Waals surface area contributed by atoms with Gasteiger partial charge in [0.25, 0.3) is 0 Å². The minimum absolute atomic E-state index is 0.0865. The molecule has 0 aromatic carbocycles. The number of amidine groups is 1. The van der Waals surface area contributed by atoms with Gasteiger partial charge in [0.1, 0.15) is 0 Å². The molecular weight excluding hydrogens is 222 g/mol. The molecule has 0 radical (unpaired) electrons. The van der Waals surface area contributed by atoms with Crippen LogP contribution >= 0.6 is 11.8 Å². The van der Waals surface area contributed by atoms with Gasteiger partial charge >= 0.3 is 0 Å². The number of aryl methyl sites for hydroxylation is 1. The lowest BCUT2D eigenvalue weighted by atomic mass is 10.2. The zero-order valence-corrected chi connectivity index (χ0v) is 10.8. The molecular formula is C11H17N3OS. The van der Waals surface area contributed by atoms with Crippen LogP contribution in [0.25, 0.3) is 0 Å². The number of nitrogens with two attached hydrogens (primary N) is 1. The van der Waals surface area contributed by atoms with Crippen LogP contribution in [0.15, 0.2) is 22.3 Å². The Morgan fingerprint density at radius 1 is 1.44 bits per heavy atom. The Bertz CT molecular complexity index is 410. The van der Waals surface area contributed by atoms with Crippen LogP contribution in [0.2, 0.25) is 0 Å². The molecule has 1 heterocycles. The van der Waals surface area contributed by atoms with Crippen molar-refractivity contribution in [3.63, 3.8) is 0 Å². The van der Waals surface area contributed by atoms with Crippen molar-refractivity contribution in [1.29, 1.82) is 0 Å². The van der Waals surface area contributed by atoms with Crippen molar-refractivity contribution in [2.75, 3.05) is 0 Å². The quantitative estimate of drug-likeness (QED) is 0.273. The number of aromatic nitrogens is 1. The SMILES string of the molecule is Cc1cc(/C(N)=N/O)cc(SC(C)(C)C)n1. The van der Waals surface area contributed by atoms with Gasteiger partial charge in [0, 0.05) is 16.0 Å². The lowest BCUT2D eigenvalue weighted by Crippen LogP contribution is -2.14. The molecule has 5 heteroatoms. The van der Waals surface area contributed by atoms with Gasteiger partial charge < -0.3 is 10.9 Å². The first-order valence-electron chi connectivity index (χ1n) is 4.97. The summed E-state index contributed by atoms with van der Waals surface area (Å²) >= 11 is 1.65. The number of rotatable bonds is 2. The van der Waals surface area contributed by atoms with Gasteiger partial charge in [-0.2, -0.15) is 0 Å². The van der Waals surface area contributed by atoms with Crippen molar-refractivity contribution in [2.24, 2.45) is 10.9 Å². The normalized spacial score (nSPS) is 12.9. The summed E-state index contributed by atoms with van der Waals surface area (Å²) in [7, 11) is 0. The van der Waals surface area contributed by atoms with Gasteiger partial charge in [-0.1, -0.05) is 25.9 Å². The zero-order chi connectivity index (χ0) is 12.3. The molecule has 0 aliphatic heterocycles. The van der Waals surface area contributed by atoms with Gasteiger partial charge in [-0.05, 0) is 19.1 Å². The number of thioether (sulfide) groups is 1. The summed E-state index contributed by atoms with van der Waals surface area (Å²) < 4.78 is 0.0865. The Balaban J connectivity index is 3.08. The third-order valence-electron chi connectivity index (χ3n) is 1.74. The van der Waals surface area contributed by atoms with E-state index < -0.39 is 0 Å². The number of hydrogen-bond donors (Lipinski definition) is 2. The van der Waals surface area contributed by atoms with E-state index in [2.05, 4.69) is 30.9 Å². The highest BCUT2D eigenvalue weighted by Crippen LogP contribution is 2.30. The van der Waals surface area contributed by atoms with E-state index in [1.165, 1.54) is 0 Å². The lowest BCUT2D eigenvalue weighted by Gasteiger charge is -2.17. The van der Waals surface area contributed by atoms with E-state index in [-0.39, 0.29) is 10.6 Å². The molecule has 1 rings (SSSR count). The van der Waals surface area contributed by atoms with Crippen molar-refractivity contribution in [3.8, 4) is 0 Å². The fourth-order valence-electron chi connectivity index (χ4n) is 1.21. The number of nitrogens with zero attached hydrogens (tertiary/aromatic N) is 2. The van der Waals surface area contributed by atoms with Crippen LogP contribution < -0.4 is 5.73 Å². The number of oxime groups is 1. The average Bonchev–Trinajstić information content (AvgIpc) is 2.12. The number of pyridine rings is 1. The first-order chi connectivity index (χ1) is 7.31. The fourth-order valence-corrected chi connectivity index (χ4v) is 2.21. The third kappa shape index (κ3) is 3.73. The van der Waals surface area contributed by atoms with E-state index in [0.29, 0.717) is 5.56 Å². The second-order valence-electron chi connectivity index (χ2n) is 4.54.